The van der Waals surface area contributed by atoms with Gasteiger partial charge in [-0.1, -0.05) is 6.07 Å². The first kappa shape index (κ1) is 20.6. The maximum Gasteiger partial charge on any atom is 0.420 e. The van der Waals surface area contributed by atoms with Gasteiger partial charge in [0.2, 0.25) is 6.10 Å². The number of rotatable bonds is 2. The van der Waals surface area contributed by atoms with Crippen LogP contribution in [0, 0.1) is 11.3 Å². The zero-order valence-electron chi connectivity index (χ0n) is 15.3. The van der Waals surface area contributed by atoms with Gasteiger partial charge in [-0.05, 0) is 34.1 Å². The van der Waals surface area contributed by atoms with Crippen LogP contribution in [0.1, 0.15) is 5.56 Å². The summed E-state index contributed by atoms with van der Waals surface area (Å²) in [5.41, 5.74) is -0.953. The number of nitrogens with zero attached hydrogens (tertiary/aromatic N) is 6. The fourth-order valence-corrected chi connectivity index (χ4v) is 3.39. The van der Waals surface area contributed by atoms with Crippen molar-refractivity contribution in [2.45, 2.75) is 12.3 Å². The number of hydrogen-bond donors (Lipinski definition) is 1. The van der Waals surface area contributed by atoms with Crippen molar-refractivity contribution in [3.8, 4) is 17.6 Å². The molecule has 0 bridgehead atoms. The summed E-state index contributed by atoms with van der Waals surface area (Å²) >= 11 is 3.30. The summed E-state index contributed by atoms with van der Waals surface area (Å²) in [4.78, 5) is 18.6. The third-order valence-electron chi connectivity index (χ3n) is 4.27. The quantitative estimate of drug-likeness (QED) is 0.581. The minimum Gasteiger partial charge on any atom is -0.470 e. The lowest BCUT2D eigenvalue weighted by Crippen LogP contribution is -2.45. The number of carbonyl (C=O) groups excluding carboxylic acids is 1. The second kappa shape index (κ2) is 7.88. The van der Waals surface area contributed by atoms with Crippen LogP contribution >= 0.6 is 15.9 Å². The van der Waals surface area contributed by atoms with E-state index >= 15 is 0 Å². The Balaban J connectivity index is 1.67. The van der Waals surface area contributed by atoms with Crippen molar-refractivity contribution < 1.29 is 22.7 Å². The second-order valence-electron chi connectivity index (χ2n) is 6.28. The number of hydrogen-bond acceptors (Lipinski definition) is 6. The molecule has 1 N–H and O–H groups in total. The Bertz CT molecular complexity index is 1180. The summed E-state index contributed by atoms with van der Waals surface area (Å²) in [6, 6.07) is 6.86. The minimum atomic E-state index is -4.76. The highest BCUT2D eigenvalue weighted by Gasteiger charge is 2.37. The molecule has 0 spiro atoms. The zero-order chi connectivity index (χ0) is 22.2. The second-order valence-corrected chi connectivity index (χ2v) is 7.13. The van der Waals surface area contributed by atoms with Crippen molar-refractivity contribution in [1.29, 1.82) is 5.26 Å². The van der Waals surface area contributed by atoms with Crippen LogP contribution in [-0.2, 0) is 6.18 Å². The van der Waals surface area contributed by atoms with Crippen molar-refractivity contribution in [1.82, 2.24) is 20.0 Å². The molecule has 1 atom stereocenters. The molecule has 31 heavy (non-hydrogen) atoms. The number of anilines is 2. The fraction of sp³-hybridized carbons (Fsp3) is 0.167. The number of pyridine rings is 1. The van der Waals surface area contributed by atoms with Gasteiger partial charge in [-0.3, -0.25) is 4.90 Å². The molecule has 0 fully saturated rings. The summed E-state index contributed by atoms with van der Waals surface area (Å²) in [6.07, 6.45) is -2.21. The standard InChI is InChI=1S/C18H11BrF3N7O2/c19-13-2-1-3-14-15(13)31-11(7-23)9-28(14)17(30)27-10-6-12(18(20,21)22)16(24-8-10)29-25-4-5-26-29/h1-6,8,11H,9H2,(H,27,30). The molecule has 3 aromatic rings. The van der Waals surface area contributed by atoms with Gasteiger partial charge >= 0.3 is 12.2 Å². The van der Waals surface area contributed by atoms with E-state index in [4.69, 9.17) is 4.74 Å². The number of ether oxygens (including phenoxy) is 1. The summed E-state index contributed by atoms with van der Waals surface area (Å²) in [6.45, 7) is -0.110. The number of aromatic nitrogens is 4. The SMILES string of the molecule is N#CC1CN(C(=O)Nc2cnc(-n3nccn3)c(C(F)(F)F)c2)c2cccc(Br)c2O1. The predicted octanol–water partition coefficient (Wildman–Crippen LogP) is 3.77. The van der Waals surface area contributed by atoms with Gasteiger partial charge in [0.1, 0.15) is 11.6 Å². The molecule has 2 amide bonds. The van der Waals surface area contributed by atoms with Gasteiger partial charge in [0.15, 0.2) is 11.6 Å². The molecule has 4 rings (SSSR count). The highest BCUT2D eigenvalue weighted by atomic mass is 79.9. The Labute approximate surface area is 181 Å². The monoisotopic (exact) mass is 493 g/mol. The van der Waals surface area contributed by atoms with Gasteiger partial charge < -0.3 is 10.1 Å². The van der Waals surface area contributed by atoms with Gasteiger partial charge in [-0.2, -0.15) is 28.6 Å². The Morgan fingerprint density at radius 3 is 2.74 bits per heavy atom. The number of alkyl halides is 3. The van der Waals surface area contributed by atoms with E-state index in [0.717, 1.165) is 17.1 Å². The normalized spacial score (nSPS) is 15.6. The number of benzene rings is 1. The molecule has 1 aliphatic rings. The van der Waals surface area contributed by atoms with Gasteiger partial charge in [0.05, 0.1) is 41.0 Å². The number of urea groups is 1. The smallest absolute Gasteiger partial charge is 0.420 e. The Morgan fingerprint density at radius 1 is 1.32 bits per heavy atom. The number of nitrogens with one attached hydrogen (secondary N) is 1. The molecular formula is C18H11BrF3N7O2. The van der Waals surface area contributed by atoms with Crippen LogP contribution in [0.5, 0.6) is 5.75 Å². The number of fused-ring (bicyclic) bond motifs is 1. The molecule has 0 radical (unpaired) electrons. The lowest BCUT2D eigenvalue weighted by Gasteiger charge is -2.32. The Morgan fingerprint density at radius 2 is 2.06 bits per heavy atom. The fourth-order valence-electron chi connectivity index (χ4n) is 2.94. The van der Waals surface area contributed by atoms with Gasteiger partial charge in [-0.25, -0.2) is 9.78 Å². The lowest BCUT2D eigenvalue weighted by molar-refractivity contribution is -0.137. The van der Waals surface area contributed by atoms with Crippen LogP contribution in [0.3, 0.4) is 0 Å². The van der Waals surface area contributed by atoms with Crippen molar-refractivity contribution in [2.24, 2.45) is 0 Å². The Kier molecular flexibility index (Phi) is 5.24. The molecule has 0 saturated carbocycles. The van der Waals surface area contributed by atoms with Gasteiger partial charge in [0, 0.05) is 0 Å². The van der Waals surface area contributed by atoms with E-state index in [0.29, 0.717) is 10.2 Å². The summed E-state index contributed by atoms with van der Waals surface area (Å²) in [5.74, 6) is -0.245. The zero-order valence-corrected chi connectivity index (χ0v) is 16.9. The summed E-state index contributed by atoms with van der Waals surface area (Å²) in [7, 11) is 0. The lowest BCUT2D eigenvalue weighted by atomic mass is 10.2. The number of halogens is 4. The molecule has 2 aromatic heterocycles. The number of carbonyl (C=O) groups is 1. The van der Waals surface area contributed by atoms with E-state index in [1.807, 2.05) is 6.07 Å². The van der Waals surface area contributed by atoms with Crippen LogP contribution < -0.4 is 15.0 Å². The van der Waals surface area contributed by atoms with Crippen LogP contribution in [0.2, 0.25) is 0 Å². The highest BCUT2D eigenvalue weighted by molar-refractivity contribution is 9.10. The minimum absolute atomic E-state index is 0.110. The molecule has 1 aromatic carbocycles. The van der Waals surface area contributed by atoms with Crippen LogP contribution in [-0.4, -0.2) is 38.7 Å². The van der Waals surface area contributed by atoms with Crippen LogP contribution in [0.25, 0.3) is 5.82 Å². The van der Waals surface area contributed by atoms with Crippen molar-refractivity contribution in [2.75, 3.05) is 16.8 Å². The van der Waals surface area contributed by atoms with Crippen molar-refractivity contribution >= 4 is 33.3 Å². The molecule has 0 saturated heterocycles. The molecule has 9 nitrogen and oxygen atoms in total. The van der Waals surface area contributed by atoms with E-state index < -0.39 is 29.7 Å². The van der Waals surface area contributed by atoms with Crippen LogP contribution in [0.4, 0.5) is 29.3 Å². The Hall–Kier alpha value is -3.66. The highest BCUT2D eigenvalue weighted by Crippen LogP contribution is 2.40. The van der Waals surface area contributed by atoms with Crippen molar-refractivity contribution in [3.63, 3.8) is 0 Å². The van der Waals surface area contributed by atoms with E-state index in [-0.39, 0.29) is 18.0 Å². The molecule has 13 heteroatoms. The number of amides is 2. The van der Waals surface area contributed by atoms with E-state index in [9.17, 15) is 23.2 Å². The van der Waals surface area contributed by atoms with E-state index in [1.54, 1.807) is 18.2 Å². The molecule has 1 aliphatic heterocycles. The average molecular weight is 494 g/mol. The van der Waals surface area contributed by atoms with E-state index in [1.165, 1.54) is 17.3 Å². The third-order valence-corrected chi connectivity index (χ3v) is 4.89. The summed E-state index contributed by atoms with van der Waals surface area (Å²) < 4.78 is 46.8. The topological polar surface area (TPSA) is 109 Å². The molecule has 158 valence electrons. The maximum atomic E-state index is 13.6. The molecule has 1 unspecified atom stereocenters. The van der Waals surface area contributed by atoms with Crippen molar-refractivity contribution in [3.05, 3.63) is 52.9 Å². The van der Waals surface area contributed by atoms with Gasteiger partial charge in [0.25, 0.3) is 0 Å². The van der Waals surface area contributed by atoms with Gasteiger partial charge in [-0.15, -0.1) is 4.80 Å². The maximum absolute atomic E-state index is 13.6. The molecule has 0 aliphatic carbocycles. The van der Waals surface area contributed by atoms with E-state index in [2.05, 4.69) is 36.4 Å². The number of nitriles is 1. The largest absolute Gasteiger partial charge is 0.470 e. The first-order chi connectivity index (χ1) is 14.8. The summed E-state index contributed by atoms with van der Waals surface area (Å²) in [5, 5.41) is 19.0. The number of para-hydroxylation sites is 1. The molecular weight excluding hydrogens is 483 g/mol. The van der Waals surface area contributed by atoms with Crippen LogP contribution in [0.15, 0.2) is 47.3 Å². The predicted molar refractivity (Wildman–Crippen MR) is 105 cm³/mol. The molecule has 3 heterocycles. The first-order valence-electron chi connectivity index (χ1n) is 8.65. The average Bonchev–Trinajstić information content (AvgIpc) is 3.27. The third kappa shape index (κ3) is 4.02. The first-order valence-corrected chi connectivity index (χ1v) is 9.44.